The molecule has 0 unspecified atom stereocenters. The topological polar surface area (TPSA) is 64.6 Å². The maximum Gasteiger partial charge on any atom is 0.317 e. The van der Waals surface area contributed by atoms with Gasteiger partial charge in [-0.3, -0.25) is 0 Å². The Morgan fingerprint density at radius 1 is 1.03 bits per heavy atom. The monoisotopic (exact) mass is 414 g/mol. The predicted octanol–water partition coefficient (Wildman–Crippen LogP) is 3.26. The van der Waals surface area contributed by atoms with Gasteiger partial charge < -0.3 is 20.0 Å². The van der Waals surface area contributed by atoms with Crippen LogP contribution in [0.15, 0.2) is 23.7 Å². The van der Waals surface area contributed by atoms with Gasteiger partial charge in [0.15, 0.2) is 5.13 Å². The van der Waals surface area contributed by atoms with E-state index < -0.39 is 0 Å². The molecule has 0 spiro atoms. The highest BCUT2D eigenvalue weighted by Gasteiger charge is 2.22. The summed E-state index contributed by atoms with van der Waals surface area (Å²) in [5.41, 5.74) is 2.09. The van der Waals surface area contributed by atoms with Gasteiger partial charge in [-0.25, -0.2) is 14.8 Å². The van der Waals surface area contributed by atoms with Gasteiger partial charge in [0, 0.05) is 57.4 Å². The van der Waals surface area contributed by atoms with Crippen molar-refractivity contribution in [2.24, 2.45) is 0 Å². The lowest BCUT2D eigenvalue weighted by Gasteiger charge is -2.34. The Labute approximate surface area is 176 Å². The number of thiazole rings is 1. The highest BCUT2D eigenvalue weighted by Crippen LogP contribution is 2.21. The number of nitrogens with zero attached hydrogens (tertiary/aromatic N) is 5. The van der Waals surface area contributed by atoms with Crippen LogP contribution in [0.3, 0.4) is 0 Å². The molecule has 2 aromatic heterocycles. The maximum absolute atomic E-state index is 12.5. The minimum atomic E-state index is -0.00318. The predicted molar refractivity (Wildman–Crippen MR) is 118 cm³/mol. The maximum atomic E-state index is 12.5. The minimum Gasteiger partial charge on any atom is -0.357 e. The van der Waals surface area contributed by atoms with E-state index in [-0.39, 0.29) is 6.03 Å². The fourth-order valence-electron chi connectivity index (χ4n) is 3.89. The van der Waals surface area contributed by atoms with Crippen LogP contribution >= 0.6 is 11.3 Å². The second-order valence-electron chi connectivity index (χ2n) is 7.83. The molecule has 1 N–H and O–H groups in total. The largest absolute Gasteiger partial charge is 0.357 e. The molecule has 4 heterocycles. The lowest BCUT2D eigenvalue weighted by atomic mass is 10.2. The first-order chi connectivity index (χ1) is 14.2. The molecule has 8 heteroatoms. The fourth-order valence-corrected chi connectivity index (χ4v) is 4.74. The van der Waals surface area contributed by atoms with Crippen LogP contribution in [0.25, 0.3) is 0 Å². The number of carbonyl (C=O) groups excluding carboxylic acids is 1. The van der Waals surface area contributed by atoms with Crippen molar-refractivity contribution in [1.29, 1.82) is 0 Å². The van der Waals surface area contributed by atoms with Crippen molar-refractivity contribution in [2.75, 3.05) is 49.1 Å². The van der Waals surface area contributed by atoms with Gasteiger partial charge >= 0.3 is 6.03 Å². The average Bonchev–Trinajstić information content (AvgIpc) is 3.01. The third kappa shape index (κ3) is 5.18. The van der Waals surface area contributed by atoms with Crippen molar-refractivity contribution < 1.29 is 4.79 Å². The molecule has 0 aliphatic carbocycles. The fraction of sp³-hybridized carbons (Fsp3) is 0.571. The van der Waals surface area contributed by atoms with Gasteiger partial charge in [0.2, 0.25) is 0 Å². The first-order valence-corrected chi connectivity index (χ1v) is 11.5. The molecule has 0 aromatic carbocycles. The number of aryl methyl sites for hydroxylation is 1. The zero-order chi connectivity index (χ0) is 20.1. The molecule has 0 saturated carbocycles. The van der Waals surface area contributed by atoms with Crippen LogP contribution in [0.1, 0.15) is 36.9 Å². The number of carbonyl (C=O) groups is 1. The summed E-state index contributed by atoms with van der Waals surface area (Å²) in [6.45, 7) is 7.80. The first-order valence-electron chi connectivity index (χ1n) is 10.6. The second kappa shape index (κ2) is 9.43. The van der Waals surface area contributed by atoms with Crippen LogP contribution < -0.4 is 15.1 Å². The van der Waals surface area contributed by atoms with Gasteiger partial charge in [0.1, 0.15) is 5.82 Å². The number of pyridine rings is 1. The standard InChI is InChI=1S/C21H30N6OS/c1-17-16-29-21(24-17)27-12-10-26(11-13-27)20(28)23-15-18-6-7-19(22-14-18)25-8-4-2-3-5-9-25/h6-7,14,16H,2-5,8-13,15H2,1H3,(H,23,28). The lowest BCUT2D eigenvalue weighted by molar-refractivity contribution is 0.194. The van der Waals surface area contributed by atoms with E-state index in [1.54, 1.807) is 11.3 Å². The van der Waals surface area contributed by atoms with Gasteiger partial charge in [-0.15, -0.1) is 11.3 Å². The van der Waals surface area contributed by atoms with E-state index in [1.807, 2.05) is 18.0 Å². The van der Waals surface area contributed by atoms with Crippen molar-refractivity contribution in [3.63, 3.8) is 0 Å². The van der Waals surface area contributed by atoms with Crippen LogP contribution in [-0.2, 0) is 6.54 Å². The number of urea groups is 1. The number of aromatic nitrogens is 2. The summed E-state index contributed by atoms with van der Waals surface area (Å²) in [4.78, 5) is 28.2. The van der Waals surface area contributed by atoms with Crippen LogP contribution in [0, 0.1) is 6.92 Å². The molecule has 7 nitrogen and oxygen atoms in total. The second-order valence-corrected chi connectivity index (χ2v) is 8.67. The van der Waals surface area contributed by atoms with Gasteiger partial charge in [0.25, 0.3) is 0 Å². The summed E-state index contributed by atoms with van der Waals surface area (Å²) in [5.74, 6) is 1.05. The molecule has 4 rings (SSSR count). The normalized spacial score (nSPS) is 17.9. The molecule has 0 atom stereocenters. The van der Waals surface area contributed by atoms with Crippen molar-refractivity contribution in [3.05, 3.63) is 35.0 Å². The minimum absolute atomic E-state index is 0.00318. The van der Waals surface area contributed by atoms with E-state index in [2.05, 4.69) is 42.6 Å². The number of nitrogens with one attached hydrogen (secondary N) is 1. The van der Waals surface area contributed by atoms with Gasteiger partial charge in [0.05, 0.1) is 5.69 Å². The Morgan fingerprint density at radius 2 is 1.79 bits per heavy atom. The Morgan fingerprint density at radius 3 is 2.41 bits per heavy atom. The van der Waals surface area contributed by atoms with Crippen molar-refractivity contribution in [1.82, 2.24) is 20.2 Å². The van der Waals surface area contributed by atoms with Crippen molar-refractivity contribution in [2.45, 2.75) is 39.2 Å². The number of piperazine rings is 1. The first kappa shape index (κ1) is 19.9. The van der Waals surface area contributed by atoms with E-state index in [0.717, 1.165) is 61.5 Å². The molecule has 2 aromatic rings. The zero-order valence-corrected chi connectivity index (χ0v) is 18.0. The molecule has 2 aliphatic rings. The van der Waals surface area contributed by atoms with Crippen LogP contribution in [0.5, 0.6) is 0 Å². The van der Waals surface area contributed by atoms with Crippen LogP contribution in [0.2, 0.25) is 0 Å². The highest BCUT2D eigenvalue weighted by molar-refractivity contribution is 7.13. The van der Waals surface area contributed by atoms with Gasteiger partial charge in [-0.1, -0.05) is 18.9 Å². The highest BCUT2D eigenvalue weighted by atomic mass is 32.1. The van der Waals surface area contributed by atoms with Crippen molar-refractivity contribution >= 4 is 28.3 Å². The summed E-state index contributed by atoms with van der Waals surface area (Å²) < 4.78 is 0. The smallest absolute Gasteiger partial charge is 0.317 e. The van der Waals surface area contributed by atoms with E-state index in [0.29, 0.717) is 6.54 Å². The SMILES string of the molecule is Cc1csc(N2CCN(C(=O)NCc3ccc(N4CCCCCC4)nc3)CC2)n1. The summed E-state index contributed by atoms with van der Waals surface area (Å²) in [6, 6.07) is 4.16. The third-order valence-electron chi connectivity index (χ3n) is 5.63. The van der Waals surface area contributed by atoms with Gasteiger partial charge in [-0.2, -0.15) is 0 Å². The molecule has 2 aliphatic heterocycles. The summed E-state index contributed by atoms with van der Waals surface area (Å²) >= 11 is 1.67. The number of hydrogen-bond donors (Lipinski definition) is 1. The molecule has 2 saturated heterocycles. The molecule has 0 radical (unpaired) electrons. The number of amides is 2. The van der Waals surface area contributed by atoms with Gasteiger partial charge in [-0.05, 0) is 31.4 Å². The zero-order valence-electron chi connectivity index (χ0n) is 17.1. The molecular weight excluding hydrogens is 384 g/mol. The summed E-state index contributed by atoms with van der Waals surface area (Å²) in [5, 5.41) is 6.16. The Bertz CT molecular complexity index is 792. The van der Waals surface area contributed by atoms with E-state index in [9.17, 15) is 4.79 Å². The Balaban J connectivity index is 1.23. The lowest BCUT2D eigenvalue weighted by Crippen LogP contribution is -2.51. The average molecular weight is 415 g/mol. The van der Waals surface area contributed by atoms with Crippen molar-refractivity contribution in [3.8, 4) is 0 Å². The quantitative estimate of drug-likeness (QED) is 0.832. The number of anilines is 2. The van der Waals surface area contributed by atoms with E-state index in [1.165, 1.54) is 25.7 Å². The molecule has 156 valence electrons. The van der Waals surface area contributed by atoms with Crippen LogP contribution in [0.4, 0.5) is 15.7 Å². The summed E-state index contributed by atoms with van der Waals surface area (Å²) in [6.07, 6.45) is 7.02. The molecular formula is C21H30N6OS. The Hall–Kier alpha value is -2.35. The van der Waals surface area contributed by atoms with E-state index >= 15 is 0 Å². The molecule has 2 fully saturated rings. The summed E-state index contributed by atoms with van der Waals surface area (Å²) in [7, 11) is 0. The molecule has 2 amide bonds. The molecule has 29 heavy (non-hydrogen) atoms. The Kier molecular flexibility index (Phi) is 6.49. The third-order valence-corrected chi connectivity index (χ3v) is 6.65. The van der Waals surface area contributed by atoms with E-state index in [4.69, 9.17) is 0 Å². The molecule has 0 bridgehead atoms. The number of hydrogen-bond acceptors (Lipinski definition) is 6. The number of rotatable bonds is 4. The van der Waals surface area contributed by atoms with Crippen LogP contribution in [-0.4, -0.2) is 60.2 Å².